The van der Waals surface area contributed by atoms with Gasteiger partial charge >= 0.3 is 0 Å². The molecule has 2 aromatic heterocycles. The third-order valence-corrected chi connectivity index (χ3v) is 5.17. The van der Waals surface area contributed by atoms with Crippen molar-refractivity contribution in [3.05, 3.63) is 84.1 Å². The first kappa shape index (κ1) is 16.9. The fourth-order valence-electron chi connectivity index (χ4n) is 3.63. The predicted molar refractivity (Wildman–Crippen MR) is 107 cm³/mol. The van der Waals surface area contributed by atoms with Gasteiger partial charge in [-0.3, -0.25) is 0 Å². The van der Waals surface area contributed by atoms with Crippen molar-refractivity contribution in [1.29, 1.82) is 0 Å². The highest BCUT2D eigenvalue weighted by atomic mass is 19.1. The van der Waals surface area contributed by atoms with Crippen molar-refractivity contribution >= 4 is 16.7 Å². The molecule has 1 saturated carbocycles. The molecule has 140 valence electrons. The molecule has 3 nitrogen and oxygen atoms in total. The minimum atomic E-state index is -0.555. The fraction of sp³-hybridized carbons (Fsp3) is 0.174. The van der Waals surface area contributed by atoms with E-state index in [-0.39, 0.29) is 0 Å². The van der Waals surface area contributed by atoms with E-state index in [1.807, 2.05) is 29.3 Å². The Morgan fingerprint density at radius 1 is 1.00 bits per heavy atom. The first-order valence-electron chi connectivity index (χ1n) is 9.42. The van der Waals surface area contributed by atoms with Crippen molar-refractivity contribution in [2.45, 2.75) is 25.4 Å². The van der Waals surface area contributed by atoms with Gasteiger partial charge in [0.05, 0.1) is 5.69 Å². The number of aromatic amines is 1. The van der Waals surface area contributed by atoms with Crippen LogP contribution in [0.3, 0.4) is 0 Å². The van der Waals surface area contributed by atoms with E-state index >= 15 is 0 Å². The third kappa shape index (κ3) is 3.24. The summed E-state index contributed by atoms with van der Waals surface area (Å²) in [7, 11) is 0. The van der Waals surface area contributed by atoms with Gasteiger partial charge in [-0.15, -0.1) is 0 Å². The summed E-state index contributed by atoms with van der Waals surface area (Å²) >= 11 is 0. The summed E-state index contributed by atoms with van der Waals surface area (Å²) in [4.78, 5) is 9.92. The van der Waals surface area contributed by atoms with Gasteiger partial charge in [0.2, 0.25) is 0 Å². The average molecular weight is 375 g/mol. The van der Waals surface area contributed by atoms with Gasteiger partial charge in [-0.25, -0.2) is 13.8 Å². The molecule has 0 aliphatic heterocycles. The topological polar surface area (TPSA) is 31.9 Å². The molecule has 0 bridgehead atoms. The lowest BCUT2D eigenvalue weighted by atomic mass is 10.1. The number of pyridine rings is 1. The molecule has 4 aromatic rings. The first-order chi connectivity index (χ1) is 13.7. The average Bonchev–Trinajstić information content (AvgIpc) is 3.46. The van der Waals surface area contributed by atoms with Crippen LogP contribution in [0.2, 0.25) is 0 Å². The number of nitrogens with one attached hydrogen (secondary N) is 1. The molecule has 2 heterocycles. The van der Waals surface area contributed by atoms with Gasteiger partial charge in [-0.05, 0) is 48.2 Å². The van der Waals surface area contributed by atoms with Crippen LogP contribution in [0.1, 0.15) is 18.4 Å². The van der Waals surface area contributed by atoms with Crippen molar-refractivity contribution in [1.82, 2.24) is 9.97 Å². The van der Waals surface area contributed by atoms with E-state index in [0.717, 1.165) is 46.8 Å². The van der Waals surface area contributed by atoms with Crippen LogP contribution in [-0.2, 0) is 6.54 Å². The quantitative estimate of drug-likeness (QED) is 0.487. The number of anilines is 1. The number of benzene rings is 2. The third-order valence-electron chi connectivity index (χ3n) is 5.17. The molecule has 5 heteroatoms. The van der Waals surface area contributed by atoms with Gasteiger partial charge in [-0.2, -0.15) is 0 Å². The van der Waals surface area contributed by atoms with Crippen LogP contribution in [-0.4, -0.2) is 16.0 Å². The second-order valence-corrected chi connectivity index (χ2v) is 7.29. The van der Waals surface area contributed by atoms with E-state index in [9.17, 15) is 8.78 Å². The molecule has 0 spiro atoms. The van der Waals surface area contributed by atoms with Crippen LogP contribution in [0.25, 0.3) is 22.3 Å². The molecule has 0 unspecified atom stereocenters. The number of H-pyrrole nitrogens is 1. The normalized spacial score (nSPS) is 13.8. The largest absolute Gasteiger partial charge is 0.362 e. The van der Waals surface area contributed by atoms with E-state index in [0.29, 0.717) is 18.3 Å². The predicted octanol–water partition coefficient (Wildman–Crippen LogP) is 5.68. The van der Waals surface area contributed by atoms with Crippen molar-refractivity contribution in [3.63, 3.8) is 0 Å². The molecule has 5 rings (SSSR count). The Labute approximate surface area is 161 Å². The van der Waals surface area contributed by atoms with E-state index < -0.39 is 11.6 Å². The summed E-state index contributed by atoms with van der Waals surface area (Å²) in [5, 5.41) is 1.02. The van der Waals surface area contributed by atoms with Gasteiger partial charge in [0.15, 0.2) is 0 Å². The number of fused-ring (bicyclic) bond motifs is 1. The second kappa shape index (κ2) is 6.75. The van der Waals surface area contributed by atoms with E-state index in [1.54, 1.807) is 0 Å². The zero-order chi connectivity index (χ0) is 19.1. The van der Waals surface area contributed by atoms with E-state index in [2.05, 4.69) is 34.2 Å². The zero-order valence-electron chi connectivity index (χ0n) is 15.2. The lowest BCUT2D eigenvalue weighted by molar-refractivity contribution is 0.577. The van der Waals surface area contributed by atoms with Crippen molar-refractivity contribution < 1.29 is 8.78 Å². The summed E-state index contributed by atoms with van der Waals surface area (Å²) in [6.45, 7) is 0.544. The number of hydrogen-bond acceptors (Lipinski definition) is 2. The molecule has 28 heavy (non-hydrogen) atoms. The van der Waals surface area contributed by atoms with Gasteiger partial charge < -0.3 is 9.88 Å². The molecule has 0 saturated heterocycles. The molecule has 1 aliphatic rings. The molecule has 1 N–H and O–H groups in total. The molecule has 0 amide bonds. The molecular formula is C23H19F2N3. The smallest absolute Gasteiger partial charge is 0.149 e. The Morgan fingerprint density at radius 3 is 2.57 bits per heavy atom. The minimum Gasteiger partial charge on any atom is -0.362 e. The van der Waals surface area contributed by atoms with Crippen molar-refractivity contribution in [2.75, 3.05) is 4.90 Å². The summed E-state index contributed by atoms with van der Waals surface area (Å²) in [6.07, 6.45) is 3.87. The Morgan fingerprint density at radius 2 is 1.82 bits per heavy atom. The maximum Gasteiger partial charge on any atom is 0.149 e. The number of aromatic nitrogens is 2. The maximum atomic E-state index is 14.3. The minimum absolute atomic E-state index is 0.293. The summed E-state index contributed by atoms with van der Waals surface area (Å²) in [5.74, 6) is -1.07. The highest BCUT2D eigenvalue weighted by Crippen LogP contribution is 2.35. The van der Waals surface area contributed by atoms with Crippen molar-refractivity contribution in [3.8, 4) is 11.3 Å². The molecule has 0 radical (unpaired) electrons. The molecule has 1 fully saturated rings. The van der Waals surface area contributed by atoms with Crippen LogP contribution < -0.4 is 4.90 Å². The van der Waals surface area contributed by atoms with Crippen LogP contribution in [0.4, 0.5) is 14.5 Å². The zero-order valence-corrected chi connectivity index (χ0v) is 15.2. The Bertz CT molecular complexity index is 1130. The molecule has 1 aliphatic carbocycles. The van der Waals surface area contributed by atoms with Crippen LogP contribution in [0.5, 0.6) is 0 Å². The fourth-order valence-corrected chi connectivity index (χ4v) is 3.63. The van der Waals surface area contributed by atoms with Crippen LogP contribution >= 0.6 is 0 Å². The lowest BCUT2D eigenvalue weighted by Crippen LogP contribution is -2.26. The Balaban J connectivity index is 1.46. The van der Waals surface area contributed by atoms with Crippen LogP contribution in [0.15, 0.2) is 66.9 Å². The number of hydrogen-bond donors (Lipinski definition) is 1. The van der Waals surface area contributed by atoms with Gasteiger partial charge in [0.1, 0.15) is 17.3 Å². The van der Waals surface area contributed by atoms with Gasteiger partial charge in [-0.1, -0.05) is 30.3 Å². The van der Waals surface area contributed by atoms with Gasteiger partial charge in [0, 0.05) is 35.9 Å². The maximum absolute atomic E-state index is 14.3. The summed E-state index contributed by atoms with van der Waals surface area (Å²) in [5.41, 5.74) is 4.40. The number of rotatable bonds is 5. The highest BCUT2D eigenvalue weighted by Gasteiger charge is 2.31. The monoisotopic (exact) mass is 375 g/mol. The molecule has 0 atom stereocenters. The Hall–Kier alpha value is -3.21. The second-order valence-electron chi connectivity index (χ2n) is 7.29. The Kier molecular flexibility index (Phi) is 4.08. The van der Waals surface area contributed by atoms with E-state index in [4.69, 9.17) is 0 Å². The lowest BCUT2D eigenvalue weighted by Gasteiger charge is -2.25. The number of nitrogens with zero attached hydrogens (tertiary/aromatic N) is 2. The number of halogens is 2. The highest BCUT2D eigenvalue weighted by molar-refractivity contribution is 5.83. The van der Waals surface area contributed by atoms with E-state index in [1.165, 1.54) is 12.1 Å². The SMILES string of the molecule is Fc1ccc(N(Cc2cnc3[nH]c(-c4ccccc4)cc3c2)C2CC2)c(F)c1. The summed E-state index contributed by atoms with van der Waals surface area (Å²) < 4.78 is 27.6. The summed E-state index contributed by atoms with van der Waals surface area (Å²) in [6, 6.07) is 18.4. The van der Waals surface area contributed by atoms with Crippen molar-refractivity contribution in [2.24, 2.45) is 0 Å². The van der Waals surface area contributed by atoms with Gasteiger partial charge in [0.25, 0.3) is 0 Å². The molecular weight excluding hydrogens is 356 g/mol. The first-order valence-corrected chi connectivity index (χ1v) is 9.42. The standard InChI is InChI=1S/C23H19F2N3/c24-18-6-9-22(20(25)12-18)28(19-7-8-19)14-15-10-17-11-21(27-23(17)26-13-15)16-4-2-1-3-5-16/h1-6,9-13,19H,7-8,14H2,(H,26,27). The van der Waals surface area contributed by atoms with Crippen LogP contribution in [0, 0.1) is 11.6 Å². The molecule has 2 aromatic carbocycles.